The molecule has 6 heteroatoms. The molecule has 1 unspecified atom stereocenters. The minimum atomic E-state index is -1.10. The van der Waals surface area contributed by atoms with Crippen LogP contribution in [0.15, 0.2) is 35.2 Å². The molecular weight excluding hydrogens is 240 g/mol. The number of amides is 1. The van der Waals surface area contributed by atoms with Crippen molar-refractivity contribution < 1.29 is 14.7 Å². The molecule has 0 aliphatic rings. The van der Waals surface area contributed by atoms with Crippen LogP contribution in [-0.4, -0.2) is 28.4 Å². The van der Waals surface area contributed by atoms with Gasteiger partial charge in [-0.2, -0.15) is 0 Å². The van der Waals surface area contributed by atoms with Gasteiger partial charge < -0.3 is 16.2 Å². The molecule has 5 nitrogen and oxygen atoms in total. The summed E-state index contributed by atoms with van der Waals surface area (Å²) in [5, 5.41) is 10.3. The second kappa shape index (κ2) is 6.27. The first-order valence-corrected chi connectivity index (χ1v) is 5.89. The second-order valence-electron chi connectivity index (χ2n) is 3.45. The molecule has 1 aromatic rings. The Labute approximate surface area is 103 Å². The van der Waals surface area contributed by atoms with Crippen molar-refractivity contribution in [1.29, 1.82) is 0 Å². The molecule has 92 valence electrons. The zero-order chi connectivity index (χ0) is 12.8. The summed E-state index contributed by atoms with van der Waals surface area (Å²) in [7, 11) is 0. The third-order valence-corrected chi connectivity index (χ3v) is 3.01. The molecule has 0 fully saturated rings. The van der Waals surface area contributed by atoms with E-state index in [0.717, 1.165) is 16.7 Å². The van der Waals surface area contributed by atoms with Gasteiger partial charge in [-0.3, -0.25) is 4.79 Å². The lowest BCUT2D eigenvalue weighted by Gasteiger charge is -2.15. The SMILES string of the molecule is C[C@H](N)C(=O)NC(Sc1ccccc1)C(=O)O. The summed E-state index contributed by atoms with van der Waals surface area (Å²) in [4.78, 5) is 23.1. The highest BCUT2D eigenvalue weighted by molar-refractivity contribution is 8.00. The van der Waals surface area contributed by atoms with Crippen LogP contribution in [0.2, 0.25) is 0 Å². The number of carboxylic acids is 1. The number of thioether (sulfide) groups is 1. The number of benzene rings is 1. The summed E-state index contributed by atoms with van der Waals surface area (Å²) in [5.41, 5.74) is 5.36. The quantitative estimate of drug-likeness (QED) is 0.530. The Hall–Kier alpha value is -1.53. The van der Waals surface area contributed by atoms with E-state index in [9.17, 15) is 9.59 Å². The number of carbonyl (C=O) groups is 2. The van der Waals surface area contributed by atoms with Gasteiger partial charge in [0.25, 0.3) is 0 Å². The van der Waals surface area contributed by atoms with Crippen molar-refractivity contribution in [2.45, 2.75) is 23.2 Å². The first kappa shape index (κ1) is 13.5. The summed E-state index contributed by atoms with van der Waals surface area (Å²) in [6.07, 6.45) is 0. The fourth-order valence-corrected chi connectivity index (χ4v) is 1.90. The smallest absolute Gasteiger partial charge is 0.337 e. The Kier molecular flexibility index (Phi) is 4.99. The van der Waals surface area contributed by atoms with Gasteiger partial charge >= 0.3 is 5.97 Å². The maximum Gasteiger partial charge on any atom is 0.337 e. The Morgan fingerprint density at radius 3 is 2.41 bits per heavy atom. The topological polar surface area (TPSA) is 92.4 Å². The van der Waals surface area contributed by atoms with Crippen molar-refractivity contribution in [3.8, 4) is 0 Å². The van der Waals surface area contributed by atoms with Crippen LogP contribution in [0.3, 0.4) is 0 Å². The van der Waals surface area contributed by atoms with Gasteiger partial charge in [0, 0.05) is 4.90 Å². The van der Waals surface area contributed by atoms with Gasteiger partial charge in [-0.1, -0.05) is 30.0 Å². The number of aliphatic carboxylic acids is 1. The molecule has 2 atom stereocenters. The highest BCUT2D eigenvalue weighted by Crippen LogP contribution is 2.21. The number of nitrogens with one attached hydrogen (secondary N) is 1. The zero-order valence-corrected chi connectivity index (χ0v) is 10.1. The molecular formula is C11H14N2O3S. The number of nitrogens with two attached hydrogens (primary N) is 1. The van der Waals surface area contributed by atoms with Crippen molar-refractivity contribution in [3.63, 3.8) is 0 Å². The fourth-order valence-electron chi connectivity index (χ4n) is 1.04. The van der Waals surface area contributed by atoms with Crippen molar-refractivity contribution in [1.82, 2.24) is 5.32 Å². The summed E-state index contributed by atoms with van der Waals surface area (Å²) < 4.78 is 0. The lowest BCUT2D eigenvalue weighted by molar-refractivity contribution is -0.139. The normalized spacial score (nSPS) is 13.8. The number of hydrogen-bond donors (Lipinski definition) is 3. The van der Waals surface area contributed by atoms with E-state index in [1.54, 1.807) is 24.3 Å². The van der Waals surface area contributed by atoms with E-state index in [4.69, 9.17) is 10.8 Å². The first-order chi connectivity index (χ1) is 8.00. The molecule has 17 heavy (non-hydrogen) atoms. The van der Waals surface area contributed by atoms with E-state index < -0.39 is 23.3 Å². The van der Waals surface area contributed by atoms with E-state index >= 15 is 0 Å². The highest BCUT2D eigenvalue weighted by atomic mass is 32.2. The maximum atomic E-state index is 11.3. The zero-order valence-electron chi connectivity index (χ0n) is 9.29. The van der Waals surface area contributed by atoms with E-state index in [0.29, 0.717) is 0 Å². The number of hydrogen-bond acceptors (Lipinski definition) is 4. The van der Waals surface area contributed by atoms with Crippen molar-refractivity contribution in [2.24, 2.45) is 5.73 Å². The monoisotopic (exact) mass is 254 g/mol. The average molecular weight is 254 g/mol. The molecule has 0 aromatic heterocycles. The fraction of sp³-hybridized carbons (Fsp3) is 0.273. The van der Waals surface area contributed by atoms with E-state index in [2.05, 4.69) is 5.32 Å². The van der Waals surface area contributed by atoms with Crippen molar-refractivity contribution in [3.05, 3.63) is 30.3 Å². The molecule has 0 aliphatic heterocycles. The van der Waals surface area contributed by atoms with Crippen LogP contribution in [0, 0.1) is 0 Å². The molecule has 0 bridgehead atoms. The van der Waals surface area contributed by atoms with Crippen LogP contribution in [0.25, 0.3) is 0 Å². The molecule has 0 saturated heterocycles. The van der Waals surface area contributed by atoms with Gasteiger partial charge in [0.2, 0.25) is 5.91 Å². The Morgan fingerprint density at radius 2 is 1.94 bits per heavy atom. The lowest BCUT2D eigenvalue weighted by atomic mass is 10.3. The summed E-state index contributed by atoms with van der Waals surface area (Å²) in [5.74, 6) is -1.59. The van der Waals surface area contributed by atoms with Crippen LogP contribution in [0.5, 0.6) is 0 Å². The Morgan fingerprint density at radius 1 is 1.35 bits per heavy atom. The number of carbonyl (C=O) groups excluding carboxylic acids is 1. The summed E-state index contributed by atoms with van der Waals surface area (Å²) in [6, 6.07) is 8.26. The van der Waals surface area contributed by atoms with Gasteiger partial charge in [-0.05, 0) is 19.1 Å². The van der Waals surface area contributed by atoms with Gasteiger partial charge in [-0.15, -0.1) is 0 Å². The largest absolute Gasteiger partial charge is 0.479 e. The predicted molar refractivity (Wildman–Crippen MR) is 65.5 cm³/mol. The molecule has 1 amide bonds. The van der Waals surface area contributed by atoms with Crippen LogP contribution in [-0.2, 0) is 9.59 Å². The molecule has 1 rings (SSSR count). The first-order valence-electron chi connectivity index (χ1n) is 5.01. The minimum Gasteiger partial charge on any atom is -0.479 e. The van der Waals surface area contributed by atoms with Crippen LogP contribution in [0.4, 0.5) is 0 Å². The number of rotatable bonds is 5. The molecule has 0 aliphatic carbocycles. The third kappa shape index (κ3) is 4.46. The van der Waals surface area contributed by atoms with Crippen molar-refractivity contribution >= 4 is 23.6 Å². The standard InChI is InChI=1S/C11H14N2O3S/c1-7(12)9(14)13-10(11(15)16)17-8-5-3-2-4-6-8/h2-7,10H,12H2,1H3,(H,13,14)(H,15,16)/t7-,10?/m0/s1. The van der Waals surface area contributed by atoms with E-state index in [1.807, 2.05) is 6.07 Å². The highest BCUT2D eigenvalue weighted by Gasteiger charge is 2.22. The van der Waals surface area contributed by atoms with Gasteiger partial charge in [0.1, 0.15) is 0 Å². The van der Waals surface area contributed by atoms with Gasteiger partial charge in [0.15, 0.2) is 5.37 Å². The van der Waals surface area contributed by atoms with Crippen LogP contribution < -0.4 is 11.1 Å². The van der Waals surface area contributed by atoms with E-state index in [-0.39, 0.29) is 0 Å². The predicted octanol–water partition coefficient (Wildman–Crippen LogP) is 0.653. The summed E-state index contributed by atoms with van der Waals surface area (Å²) in [6.45, 7) is 1.50. The molecule has 0 spiro atoms. The van der Waals surface area contributed by atoms with Crippen molar-refractivity contribution in [2.75, 3.05) is 0 Å². The average Bonchev–Trinajstić information content (AvgIpc) is 2.29. The molecule has 0 heterocycles. The molecule has 4 N–H and O–H groups in total. The summed E-state index contributed by atoms with van der Waals surface area (Å²) >= 11 is 1.06. The molecule has 1 aromatic carbocycles. The van der Waals surface area contributed by atoms with Crippen LogP contribution >= 0.6 is 11.8 Å². The number of carboxylic acid groups (broad SMARTS) is 1. The molecule has 0 saturated carbocycles. The van der Waals surface area contributed by atoms with Gasteiger partial charge in [0.05, 0.1) is 6.04 Å². The lowest BCUT2D eigenvalue weighted by Crippen LogP contribution is -2.45. The third-order valence-electron chi connectivity index (χ3n) is 1.91. The van der Waals surface area contributed by atoms with E-state index in [1.165, 1.54) is 6.92 Å². The van der Waals surface area contributed by atoms with Crippen LogP contribution in [0.1, 0.15) is 6.92 Å². The maximum absolute atomic E-state index is 11.3. The minimum absolute atomic E-state index is 0.485. The Bertz CT molecular complexity index is 395. The van der Waals surface area contributed by atoms with Gasteiger partial charge in [-0.25, -0.2) is 4.79 Å². The Balaban J connectivity index is 2.68. The molecule has 0 radical (unpaired) electrons. The second-order valence-corrected chi connectivity index (χ2v) is 4.62.